The average molecular weight is 222 g/mol. The normalized spacial score (nSPS) is 19.0. The molecule has 1 N–H and O–H groups in total. The highest BCUT2D eigenvalue weighted by Gasteiger charge is 2.22. The van der Waals surface area contributed by atoms with Gasteiger partial charge >= 0.3 is 6.09 Å². The number of hydrogen-bond donors (Lipinski definition) is 1. The first kappa shape index (κ1) is 10.4. The zero-order valence-electron chi connectivity index (χ0n) is 8.38. The highest BCUT2D eigenvalue weighted by Crippen LogP contribution is 2.14. The van der Waals surface area contributed by atoms with E-state index < -0.39 is 11.0 Å². The van der Waals surface area contributed by atoms with Gasteiger partial charge in [-0.15, -0.1) is 0 Å². The largest absolute Gasteiger partial charge is 0.447 e. The molecule has 0 bridgehead atoms. The third-order valence-electron chi connectivity index (χ3n) is 2.37. The van der Waals surface area contributed by atoms with Crippen LogP contribution in [0.15, 0.2) is 24.3 Å². The van der Waals surface area contributed by atoms with E-state index in [1.54, 1.807) is 12.1 Å². The quantitative estimate of drug-likeness (QED) is 0.616. The molecule has 1 aliphatic heterocycles. The molecule has 1 atom stereocenters. The number of benzene rings is 1. The Bertz CT molecular complexity index is 415. The summed E-state index contributed by atoms with van der Waals surface area (Å²) in [6.45, 7) is 0.343. The fourth-order valence-electron chi connectivity index (χ4n) is 1.57. The van der Waals surface area contributed by atoms with Crippen LogP contribution in [-0.4, -0.2) is 23.7 Å². The molecular weight excluding hydrogens is 212 g/mol. The van der Waals surface area contributed by atoms with Gasteiger partial charge in [-0.1, -0.05) is 12.1 Å². The molecule has 1 saturated heterocycles. The van der Waals surface area contributed by atoms with Gasteiger partial charge in [0.15, 0.2) is 0 Å². The molecule has 2 rings (SSSR count). The molecule has 0 saturated carbocycles. The maximum atomic E-state index is 10.8. The predicted molar refractivity (Wildman–Crippen MR) is 55.1 cm³/mol. The smallest absolute Gasteiger partial charge is 0.407 e. The summed E-state index contributed by atoms with van der Waals surface area (Å²) in [5.74, 6) is 0. The first-order valence-electron chi connectivity index (χ1n) is 4.82. The van der Waals surface area contributed by atoms with Crippen LogP contribution in [0.25, 0.3) is 0 Å². The number of cyclic esters (lactones) is 1. The van der Waals surface area contributed by atoms with Gasteiger partial charge in [-0.25, -0.2) is 4.79 Å². The van der Waals surface area contributed by atoms with E-state index in [0.717, 1.165) is 5.56 Å². The number of alkyl carbamates (subject to hydrolysis) is 1. The molecule has 0 spiro atoms. The van der Waals surface area contributed by atoms with Gasteiger partial charge in [0, 0.05) is 12.1 Å². The lowest BCUT2D eigenvalue weighted by Crippen LogP contribution is -2.28. The van der Waals surface area contributed by atoms with Gasteiger partial charge in [-0.3, -0.25) is 10.1 Å². The number of amides is 1. The van der Waals surface area contributed by atoms with Gasteiger partial charge in [0.25, 0.3) is 5.69 Å². The van der Waals surface area contributed by atoms with Crippen molar-refractivity contribution in [1.29, 1.82) is 0 Å². The lowest BCUT2D eigenvalue weighted by molar-refractivity contribution is -0.384. The molecule has 0 aromatic heterocycles. The summed E-state index contributed by atoms with van der Waals surface area (Å²) >= 11 is 0. The van der Waals surface area contributed by atoms with Gasteiger partial charge in [-0.2, -0.15) is 0 Å². The maximum Gasteiger partial charge on any atom is 0.407 e. The summed E-state index contributed by atoms with van der Waals surface area (Å²) in [7, 11) is 0. The van der Waals surface area contributed by atoms with E-state index in [1.165, 1.54) is 12.1 Å². The summed E-state index contributed by atoms with van der Waals surface area (Å²) in [5.41, 5.74) is 0.997. The third kappa shape index (κ3) is 2.28. The van der Waals surface area contributed by atoms with Crippen molar-refractivity contribution in [3.8, 4) is 0 Å². The first-order valence-corrected chi connectivity index (χ1v) is 4.82. The van der Waals surface area contributed by atoms with Crippen molar-refractivity contribution in [3.05, 3.63) is 39.9 Å². The van der Waals surface area contributed by atoms with Crippen molar-refractivity contribution in [2.75, 3.05) is 6.61 Å². The monoisotopic (exact) mass is 222 g/mol. The molecular formula is C10H10N2O4. The molecule has 1 amide bonds. The molecule has 1 aromatic rings. The number of non-ortho nitro benzene ring substituents is 1. The van der Waals surface area contributed by atoms with Gasteiger partial charge in [0.1, 0.15) is 6.61 Å². The van der Waals surface area contributed by atoms with Crippen LogP contribution in [-0.2, 0) is 11.2 Å². The van der Waals surface area contributed by atoms with E-state index in [0.29, 0.717) is 13.0 Å². The van der Waals surface area contributed by atoms with Crippen molar-refractivity contribution in [2.24, 2.45) is 0 Å². The minimum atomic E-state index is -0.440. The molecule has 0 radical (unpaired) electrons. The molecule has 1 aromatic carbocycles. The Morgan fingerprint density at radius 1 is 1.44 bits per heavy atom. The van der Waals surface area contributed by atoms with E-state index in [4.69, 9.17) is 4.74 Å². The molecule has 1 fully saturated rings. The van der Waals surface area contributed by atoms with Gasteiger partial charge < -0.3 is 10.1 Å². The molecule has 1 heterocycles. The summed E-state index contributed by atoms with van der Waals surface area (Å²) < 4.78 is 4.74. The maximum absolute atomic E-state index is 10.8. The Balaban J connectivity index is 2.00. The van der Waals surface area contributed by atoms with Crippen LogP contribution in [0.4, 0.5) is 10.5 Å². The van der Waals surface area contributed by atoms with Crippen LogP contribution in [0.2, 0.25) is 0 Å². The van der Waals surface area contributed by atoms with Crippen molar-refractivity contribution >= 4 is 11.8 Å². The molecule has 0 aliphatic carbocycles. The van der Waals surface area contributed by atoms with Crippen LogP contribution < -0.4 is 5.32 Å². The summed E-state index contributed by atoms with van der Waals surface area (Å²) in [6.07, 6.45) is 0.205. The number of hydrogen-bond acceptors (Lipinski definition) is 4. The number of nitrogens with zero attached hydrogens (tertiary/aromatic N) is 1. The number of ether oxygens (including phenoxy) is 1. The number of nitro groups is 1. The van der Waals surface area contributed by atoms with Crippen LogP contribution in [0.3, 0.4) is 0 Å². The minimum Gasteiger partial charge on any atom is -0.447 e. The average Bonchev–Trinajstić information content (AvgIpc) is 2.65. The second-order valence-electron chi connectivity index (χ2n) is 3.57. The van der Waals surface area contributed by atoms with Crippen molar-refractivity contribution in [1.82, 2.24) is 5.32 Å². The van der Waals surface area contributed by atoms with Crippen LogP contribution in [0.5, 0.6) is 0 Å². The highest BCUT2D eigenvalue weighted by atomic mass is 16.6. The van der Waals surface area contributed by atoms with Crippen LogP contribution >= 0.6 is 0 Å². The Labute approximate surface area is 91.4 Å². The number of rotatable bonds is 3. The molecule has 16 heavy (non-hydrogen) atoms. The van der Waals surface area contributed by atoms with Gasteiger partial charge in [-0.05, 0) is 12.0 Å². The van der Waals surface area contributed by atoms with E-state index >= 15 is 0 Å². The van der Waals surface area contributed by atoms with E-state index in [-0.39, 0.29) is 11.7 Å². The van der Waals surface area contributed by atoms with Gasteiger partial charge in [0.05, 0.1) is 11.0 Å². The topological polar surface area (TPSA) is 81.5 Å². The standard InChI is InChI=1S/C10H10N2O4/c13-10-11-8(6-16-10)5-7-1-3-9(4-2-7)12(14)15/h1-4,8H,5-6H2,(H,11,13)/t8-/m0/s1. The van der Waals surface area contributed by atoms with Crippen molar-refractivity contribution < 1.29 is 14.5 Å². The Morgan fingerprint density at radius 3 is 2.62 bits per heavy atom. The van der Waals surface area contributed by atoms with Crippen molar-refractivity contribution in [3.63, 3.8) is 0 Å². The Kier molecular flexibility index (Phi) is 2.72. The highest BCUT2D eigenvalue weighted by molar-refractivity contribution is 5.69. The molecule has 6 heteroatoms. The molecule has 84 valence electrons. The second kappa shape index (κ2) is 4.18. The van der Waals surface area contributed by atoms with E-state index in [9.17, 15) is 14.9 Å². The van der Waals surface area contributed by atoms with E-state index in [1.807, 2.05) is 0 Å². The fourth-order valence-corrected chi connectivity index (χ4v) is 1.57. The first-order chi connectivity index (χ1) is 7.65. The lowest BCUT2D eigenvalue weighted by Gasteiger charge is -2.06. The zero-order chi connectivity index (χ0) is 11.5. The molecule has 0 unspecified atom stereocenters. The summed E-state index contributed by atoms with van der Waals surface area (Å²) in [4.78, 5) is 20.8. The Morgan fingerprint density at radius 2 is 2.12 bits per heavy atom. The third-order valence-corrected chi connectivity index (χ3v) is 2.37. The lowest BCUT2D eigenvalue weighted by atomic mass is 10.1. The molecule has 1 aliphatic rings. The SMILES string of the molecule is O=C1N[C@@H](Cc2ccc([N+](=O)[O-])cc2)CO1. The zero-order valence-corrected chi connectivity index (χ0v) is 8.38. The fraction of sp³-hybridized carbons (Fsp3) is 0.300. The Hall–Kier alpha value is -2.11. The number of nitrogens with one attached hydrogen (secondary N) is 1. The summed E-state index contributed by atoms with van der Waals surface area (Å²) in [5, 5.41) is 13.1. The van der Waals surface area contributed by atoms with Gasteiger partial charge in [0.2, 0.25) is 0 Å². The van der Waals surface area contributed by atoms with E-state index in [2.05, 4.69) is 5.32 Å². The minimum absolute atomic E-state index is 0.0473. The van der Waals surface area contributed by atoms with Crippen LogP contribution in [0.1, 0.15) is 5.56 Å². The predicted octanol–water partition coefficient (Wildman–Crippen LogP) is 1.25. The van der Waals surface area contributed by atoms with Crippen molar-refractivity contribution in [2.45, 2.75) is 12.5 Å². The summed E-state index contributed by atoms with van der Waals surface area (Å²) in [6, 6.07) is 6.22. The number of nitro benzene ring substituents is 1. The number of carbonyl (C=O) groups is 1. The second-order valence-corrected chi connectivity index (χ2v) is 3.57. The van der Waals surface area contributed by atoms with Crippen LogP contribution in [0, 0.1) is 10.1 Å². The number of carbonyl (C=O) groups excluding carboxylic acids is 1. The molecule has 6 nitrogen and oxygen atoms in total.